The van der Waals surface area contributed by atoms with Crippen molar-refractivity contribution in [2.45, 2.75) is 103 Å². The first-order valence-corrected chi connectivity index (χ1v) is 14.8. The Balaban J connectivity index is 2.11. The van der Waals surface area contributed by atoms with E-state index < -0.39 is 29.5 Å². The molecule has 0 saturated heterocycles. The van der Waals surface area contributed by atoms with Gasteiger partial charge in [-0.15, -0.1) is 0 Å². The minimum absolute atomic E-state index is 0.0442. The van der Waals surface area contributed by atoms with Crippen LogP contribution in [0.5, 0.6) is 5.75 Å². The summed E-state index contributed by atoms with van der Waals surface area (Å²) in [6.07, 6.45) is -9.80. The molecule has 3 amide bonds. The van der Waals surface area contributed by atoms with E-state index in [9.17, 15) is 41.0 Å². The molecule has 0 fully saturated rings. The van der Waals surface area contributed by atoms with Crippen LogP contribution in [0.15, 0.2) is 36.4 Å². The van der Waals surface area contributed by atoms with Crippen molar-refractivity contribution >= 4 is 12.4 Å². The Morgan fingerprint density at radius 3 is 1.84 bits per heavy atom. The van der Waals surface area contributed by atoms with Gasteiger partial charge in [0.05, 0.1) is 12.6 Å². The molecule has 44 heavy (non-hydrogen) atoms. The third-order valence-electron chi connectivity index (χ3n) is 7.39. The van der Waals surface area contributed by atoms with Gasteiger partial charge < -0.3 is 15.2 Å². The summed E-state index contributed by atoms with van der Waals surface area (Å²) in [5.74, 6) is 0.550. The Bertz CT molecular complexity index is 1190. The number of alkyl halides is 6. The van der Waals surface area contributed by atoms with Gasteiger partial charge in [-0.3, -0.25) is 9.69 Å². The zero-order chi connectivity index (χ0) is 33.3. The van der Waals surface area contributed by atoms with Gasteiger partial charge in [-0.1, -0.05) is 64.8 Å². The number of halogens is 6. The van der Waals surface area contributed by atoms with Crippen LogP contribution >= 0.6 is 0 Å². The monoisotopic (exact) mass is 632 g/mol. The molecular weight excluding hydrogens is 590 g/mol. The number of hydrogen-bond donors (Lipinski definition) is 2. The molecule has 0 bridgehead atoms. The Labute approximate surface area is 254 Å². The number of amides is 3. The number of nitrogens with one attached hydrogen (secondary N) is 1. The van der Waals surface area contributed by atoms with Crippen molar-refractivity contribution in [3.05, 3.63) is 64.2 Å². The van der Waals surface area contributed by atoms with Crippen molar-refractivity contribution < 1.29 is 45.8 Å². The van der Waals surface area contributed by atoms with Gasteiger partial charge in [0.25, 0.3) is 5.60 Å². The van der Waals surface area contributed by atoms with Crippen molar-refractivity contribution in [2.24, 2.45) is 0 Å². The van der Waals surface area contributed by atoms with Crippen LogP contribution in [-0.4, -0.2) is 48.0 Å². The Hall–Kier alpha value is -3.28. The maximum Gasteiger partial charge on any atom is 0.430 e. The molecule has 0 aliphatic carbocycles. The number of carbonyl (C=O) groups excluding carboxylic acids is 2. The number of imide groups is 1. The molecule has 0 aliphatic heterocycles. The minimum atomic E-state index is -5.99. The normalized spacial score (nSPS) is 13.1. The maximum absolute atomic E-state index is 13.6. The molecule has 0 heterocycles. The van der Waals surface area contributed by atoms with Gasteiger partial charge in [-0.05, 0) is 72.9 Å². The fourth-order valence-electron chi connectivity index (χ4n) is 4.83. The van der Waals surface area contributed by atoms with Crippen LogP contribution in [0.1, 0.15) is 100 Å². The molecular formula is C32H42F6N2O4. The van der Waals surface area contributed by atoms with Crippen LogP contribution in [-0.2, 0) is 23.2 Å². The average molecular weight is 633 g/mol. The molecule has 2 aromatic rings. The number of aliphatic hydroxyl groups is 1. The molecule has 0 aliphatic rings. The molecule has 0 aromatic heterocycles. The van der Waals surface area contributed by atoms with E-state index in [0.717, 1.165) is 28.2 Å². The molecule has 0 spiro atoms. The smallest absolute Gasteiger partial charge is 0.430 e. The van der Waals surface area contributed by atoms with E-state index in [1.165, 1.54) is 0 Å². The van der Waals surface area contributed by atoms with Gasteiger partial charge in [0.2, 0.25) is 6.41 Å². The fourth-order valence-corrected chi connectivity index (χ4v) is 4.83. The molecule has 0 radical (unpaired) electrons. The lowest BCUT2D eigenvalue weighted by Gasteiger charge is -2.33. The summed E-state index contributed by atoms with van der Waals surface area (Å²) in [6.45, 7) is 9.51. The molecule has 12 heteroatoms. The molecule has 2 rings (SSSR count). The van der Waals surface area contributed by atoms with Crippen LogP contribution in [0.4, 0.5) is 31.1 Å². The summed E-state index contributed by atoms with van der Waals surface area (Å²) < 4.78 is 87.5. The van der Waals surface area contributed by atoms with Crippen LogP contribution in [0.3, 0.4) is 0 Å². The molecule has 0 saturated carbocycles. The summed E-state index contributed by atoms with van der Waals surface area (Å²) in [5, 5.41) is 12.8. The highest BCUT2D eigenvalue weighted by Gasteiger charge is 2.71. The molecule has 246 valence electrons. The highest BCUT2D eigenvalue weighted by molar-refractivity contribution is 5.84. The van der Waals surface area contributed by atoms with Crippen molar-refractivity contribution in [3.8, 4) is 5.75 Å². The second kappa shape index (κ2) is 15.6. The molecule has 1 unspecified atom stereocenters. The number of nitrogens with zero attached hydrogens (tertiary/aromatic N) is 1. The van der Waals surface area contributed by atoms with Crippen molar-refractivity contribution in [3.63, 3.8) is 0 Å². The largest absolute Gasteiger partial charge is 0.493 e. The number of rotatable bonds is 15. The van der Waals surface area contributed by atoms with Crippen molar-refractivity contribution in [2.75, 3.05) is 13.2 Å². The van der Waals surface area contributed by atoms with E-state index in [1.54, 1.807) is 20.8 Å². The van der Waals surface area contributed by atoms with Crippen LogP contribution in [0, 0.1) is 0 Å². The third-order valence-corrected chi connectivity index (χ3v) is 7.39. The van der Waals surface area contributed by atoms with E-state index in [4.69, 9.17) is 4.74 Å². The van der Waals surface area contributed by atoms with E-state index in [2.05, 4.69) is 19.2 Å². The van der Waals surface area contributed by atoms with E-state index >= 15 is 0 Å². The zero-order valence-corrected chi connectivity index (χ0v) is 25.7. The summed E-state index contributed by atoms with van der Waals surface area (Å²) in [6, 6.07) is 8.32. The average Bonchev–Trinajstić information content (AvgIpc) is 2.94. The predicted molar refractivity (Wildman–Crippen MR) is 155 cm³/mol. The third kappa shape index (κ3) is 8.89. The first kappa shape index (κ1) is 36.9. The number of hydrogen-bond acceptors (Lipinski definition) is 4. The highest BCUT2D eigenvalue weighted by Crippen LogP contribution is 2.51. The number of aryl methyl sites for hydroxylation is 2. The van der Waals surface area contributed by atoms with Gasteiger partial charge in [0.1, 0.15) is 5.75 Å². The van der Waals surface area contributed by atoms with E-state index in [1.807, 2.05) is 24.3 Å². The number of ether oxygens (including phenoxy) is 1. The summed E-state index contributed by atoms with van der Waals surface area (Å²) in [7, 11) is 0. The van der Waals surface area contributed by atoms with Crippen molar-refractivity contribution in [1.82, 2.24) is 10.2 Å². The summed E-state index contributed by atoms with van der Waals surface area (Å²) in [4.78, 5) is 25.3. The first-order chi connectivity index (χ1) is 20.5. The van der Waals surface area contributed by atoms with Gasteiger partial charge in [-0.2, -0.15) is 26.3 Å². The second-order valence-corrected chi connectivity index (χ2v) is 11.2. The maximum atomic E-state index is 13.6. The SMILES string of the molecule is CCCc1cc(C(O)(C(F)(F)F)C(F)(F)F)cc(CCC)c1OCCCCN(C=O)C(=O)NC(C)c1ccc(C(C)C)cc1. The molecule has 1 atom stereocenters. The topological polar surface area (TPSA) is 78.9 Å². The highest BCUT2D eigenvalue weighted by atomic mass is 19.4. The van der Waals surface area contributed by atoms with E-state index in [-0.39, 0.29) is 48.9 Å². The fraction of sp³-hybridized carbons (Fsp3) is 0.562. The Morgan fingerprint density at radius 1 is 0.909 bits per heavy atom. The lowest BCUT2D eigenvalue weighted by Crippen LogP contribution is -2.54. The lowest BCUT2D eigenvalue weighted by atomic mass is 9.87. The summed E-state index contributed by atoms with van der Waals surface area (Å²) >= 11 is 0. The standard InChI is InChI=1S/C32H42F6N2O4/c1-6-10-25-18-27(30(43,31(33,34)35)32(36,37)38)19-26(11-7-2)28(25)44-17-9-8-16-40(20-41)29(42)39-22(5)24-14-12-23(13-15-24)21(3)4/h12-15,18-22,43H,6-11,16-17H2,1-5H3,(H,39,42). The first-order valence-electron chi connectivity index (χ1n) is 14.8. The molecule has 2 aromatic carbocycles. The minimum Gasteiger partial charge on any atom is -0.493 e. The quantitative estimate of drug-likeness (QED) is 0.118. The number of unbranched alkanes of at least 4 members (excludes halogenated alkanes) is 1. The number of carbonyl (C=O) groups is 2. The lowest BCUT2D eigenvalue weighted by molar-refractivity contribution is -0.376. The van der Waals surface area contributed by atoms with Gasteiger partial charge in [0.15, 0.2) is 0 Å². The van der Waals surface area contributed by atoms with Crippen LogP contribution in [0.25, 0.3) is 0 Å². The number of urea groups is 1. The summed E-state index contributed by atoms with van der Waals surface area (Å²) in [5.41, 5.74) is -4.03. The van der Waals surface area contributed by atoms with Gasteiger partial charge in [-0.25, -0.2) is 4.79 Å². The Morgan fingerprint density at radius 2 is 1.41 bits per heavy atom. The number of benzene rings is 2. The van der Waals surface area contributed by atoms with E-state index in [0.29, 0.717) is 38.0 Å². The van der Waals surface area contributed by atoms with Gasteiger partial charge >= 0.3 is 18.4 Å². The molecule has 6 nitrogen and oxygen atoms in total. The molecule has 2 N–H and O–H groups in total. The van der Waals surface area contributed by atoms with Crippen molar-refractivity contribution in [1.29, 1.82) is 0 Å². The van der Waals surface area contributed by atoms with Crippen LogP contribution in [0.2, 0.25) is 0 Å². The predicted octanol–water partition coefficient (Wildman–Crippen LogP) is 8.12. The van der Waals surface area contributed by atoms with Crippen LogP contribution < -0.4 is 10.1 Å². The zero-order valence-electron chi connectivity index (χ0n) is 25.7. The van der Waals surface area contributed by atoms with Gasteiger partial charge in [0, 0.05) is 12.1 Å². The second-order valence-electron chi connectivity index (χ2n) is 11.2. The Kier molecular flexibility index (Phi) is 13.1.